The van der Waals surface area contributed by atoms with Gasteiger partial charge in [-0.3, -0.25) is 4.79 Å². The molecular weight excluding hydrogens is 298 g/mol. The molecule has 0 bridgehead atoms. The molecular formula is C13H14ClN3O2S. The van der Waals surface area contributed by atoms with Gasteiger partial charge in [0.1, 0.15) is 0 Å². The average Bonchev–Trinajstić information content (AvgIpc) is 3.06. The van der Waals surface area contributed by atoms with Crippen molar-refractivity contribution in [2.24, 2.45) is 0 Å². The van der Waals surface area contributed by atoms with Crippen LogP contribution in [0.2, 0.25) is 4.34 Å². The molecule has 0 spiro atoms. The number of halogens is 1. The van der Waals surface area contributed by atoms with Crippen LogP contribution in [-0.2, 0) is 0 Å². The molecule has 0 aromatic carbocycles. The number of carbonyl (C=O) groups is 1. The first-order chi connectivity index (χ1) is 9.63. The van der Waals surface area contributed by atoms with E-state index in [1.165, 1.54) is 11.3 Å². The van der Waals surface area contributed by atoms with Gasteiger partial charge in [0, 0.05) is 31.7 Å². The maximum atomic E-state index is 12.3. The Hall–Kier alpha value is -1.37. The minimum absolute atomic E-state index is 0.0870. The van der Waals surface area contributed by atoms with E-state index < -0.39 is 0 Å². The molecule has 2 aromatic heterocycles. The van der Waals surface area contributed by atoms with Crippen LogP contribution in [0.4, 0.5) is 0 Å². The zero-order valence-electron chi connectivity index (χ0n) is 10.9. The molecule has 3 rings (SSSR count). The molecule has 2 aromatic rings. The molecule has 0 saturated carbocycles. The lowest BCUT2D eigenvalue weighted by Crippen LogP contribution is -2.51. The van der Waals surface area contributed by atoms with Crippen molar-refractivity contribution < 1.29 is 9.32 Å². The van der Waals surface area contributed by atoms with Gasteiger partial charge in [0.05, 0.1) is 9.21 Å². The molecule has 3 heterocycles. The van der Waals surface area contributed by atoms with Gasteiger partial charge in [0.15, 0.2) is 11.5 Å². The summed E-state index contributed by atoms with van der Waals surface area (Å²) < 4.78 is 5.92. The van der Waals surface area contributed by atoms with E-state index in [1.54, 1.807) is 17.0 Å². The average molecular weight is 312 g/mol. The highest BCUT2D eigenvalue weighted by molar-refractivity contribution is 7.19. The first kappa shape index (κ1) is 13.6. The summed E-state index contributed by atoms with van der Waals surface area (Å²) in [7, 11) is 0. The number of aromatic nitrogens is 1. The Morgan fingerprint density at radius 1 is 1.60 bits per heavy atom. The van der Waals surface area contributed by atoms with Gasteiger partial charge in [-0.25, -0.2) is 0 Å². The van der Waals surface area contributed by atoms with Gasteiger partial charge in [0.25, 0.3) is 5.91 Å². The third-order valence-electron chi connectivity index (χ3n) is 3.20. The molecule has 106 valence electrons. The molecule has 1 unspecified atom stereocenters. The summed E-state index contributed by atoms with van der Waals surface area (Å²) >= 11 is 7.29. The number of carbonyl (C=O) groups excluding carboxylic acids is 1. The van der Waals surface area contributed by atoms with Gasteiger partial charge >= 0.3 is 0 Å². The Kier molecular flexibility index (Phi) is 3.78. The lowest BCUT2D eigenvalue weighted by Gasteiger charge is -2.31. The summed E-state index contributed by atoms with van der Waals surface area (Å²) in [4.78, 5) is 15.0. The van der Waals surface area contributed by atoms with Crippen LogP contribution in [0.5, 0.6) is 0 Å². The van der Waals surface area contributed by atoms with Crippen LogP contribution < -0.4 is 5.32 Å². The molecule has 5 nitrogen and oxygen atoms in total. The molecule has 1 amide bonds. The second-order valence-corrected chi connectivity index (χ2v) is 6.50. The van der Waals surface area contributed by atoms with Crippen molar-refractivity contribution in [1.82, 2.24) is 15.4 Å². The maximum Gasteiger partial charge on any atom is 0.276 e. The predicted molar refractivity (Wildman–Crippen MR) is 78.2 cm³/mol. The quantitative estimate of drug-likeness (QED) is 0.925. The highest BCUT2D eigenvalue weighted by Gasteiger charge is 2.24. The number of piperazine rings is 1. The first-order valence-corrected chi connectivity index (χ1v) is 7.58. The Balaban J connectivity index is 1.77. The van der Waals surface area contributed by atoms with E-state index in [1.807, 2.05) is 6.07 Å². The van der Waals surface area contributed by atoms with E-state index in [-0.39, 0.29) is 5.91 Å². The number of hydrogen-bond acceptors (Lipinski definition) is 5. The molecule has 1 aliphatic heterocycles. The smallest absolute Gasteiger partial charge is 0.276 e. The fourth-order valence-corrected chi connectivity index (χ4v) is 3.21. The van der Waals surface area contributed by atoms with Crippen LogP contribution in [0.25, 0.3) is 10.6 Å². The van der Waals surface area contributed by atoms with E-state index in [0.29, 0.717) is 34.9 Å². The Morgan fingerprint density at radius 2 is 2.45 bits per heavy atom. The minimum Gasteiger partial charge on any atom is -0.355 e. The summed E-state index contributed by atoms with van der Waals surface area (Å²) in [6, 6.07) is 5.63. The van der Waals surface area contributed by atoms with Crippen molar-refractivity contribution >= 4 is 28.8 Å². The normalized spacial score (nSPS) is 19.3. The highest BCUT2D eigenvalue weighted by atomic mass is 35.5. The molecule has 1 aliphatic rings. The monoisotopic (exact) mass is 311 g/mol. The van der Waals surface area contributed by atoms with Gasteiger partial charge in [-0.2, -0.15) is 0 Å². The lowest BCUT2D eigenvalue weighted by atomic mass is 10.2. The molecule has 7 heteroatoms. The van der Waals surface area contributed by atoms with Gasteiger partial charge < -0.3 is 14.7 Å². The number of nitrogens with zero attached hydrogens (tertiary/aromatic N) is 2. The number of hydrogen-bond donors (Lipinski definition) is 1. The van der Waals surface area contributed by atoms with Crippen molar-refractivity contribution in [3.8, 4) is 10.6 Å². The topological polar surface area (TPSA) is 58.4 Å². The van der Waals surface area contributed by atoms with E-state index in [0.717, 1.165) is 11.4 Å². The van der Waals surface area contributed by atoms with Crippen molar-refractivity contribution in [2.75, 3.05) is 19.6 Å². The highest BCUT2D eigenvalue weighted by Crippen LogP contribution is 2.31. The fraction of sp³-hybridized carbons (Fsp3) is 0.385. The molecule has 0 radical (unpaired) electrons. The van der Waals surface area contributed by atoms with Crippen LogP contribution in [0, 0.1) is 0 Å². The van der Waals surface area contributed by atoms with Gasteiger partial charge in [-0.15, -0.1) is 11.3 Å². The maximum absolute atomic E-state index is 12.3. The fourth-order valence-electron chi connectivity index (χ4n) is 2.22. The zero-order valence-corrected chi connectivity index (χ0v) is 12.5. The van der Waals surface area contributed by atoms with E-state index in [2.05, 4.69) is 17.4 Å². The summed E-state index contributed by atoms with van der Waals surface area (Å²) in [5.74, 6) is 0.490. The van der Waals surface area contributed by atoms with Crippen LogP contribution in [-0.4, -0.2) is 41.6 Å². The van der Waals surface area contributed by atoms with Gasteiger partial charge in [0.2, 0.25) is 0 Å². The number of thiophene rings is 1. The van der Waals surface area contributed by atoms with E-state index >= 15 is 0 Å². The Labute approximate surface area is 125 Å². The van der Waals surface area contributed by atoms with E-state index in [9.17, 15) is 4.79 Å². The Morgan fingerprint density at radius 3 is 3.15 bits per heavy atom. The standard InChI is InChI=1S/C13H14ClN3O2S/c1-8-7-17(5-4-15-8)13(18)9-6-10(19-16-9)11-2-3-12(14)20-11/h2-3,6,8,15H,4-5,7H2,1H3. The predicted octanol–water partition coefficient (Wildman–Crippen LogP) is 2.49. The van der Waals surface area contributed by atoms with E-state index in [4.69, 9.17) is 16.1 Å². The molecule has 1 N–H and O–H groups in total. The minimum atomic E-state index is -0.0870. The van der Waals surface area contributed by atoms with Crippen molar-refractivity contribution in [3.05, 3.63) is 28.2 Å². The zero-order chi connectivity index (χ0) is 14.1. The summed E-state index contributed by atoms with van der Waals surface area (Å²) in [6.45, 7) is 4.24. The van der Waals surface area contributed by atoms with Crippen molar-refractivity contribution in [3.63, 3.8) is 0 Å². The van der Waals surface area contributed by atoms with Gasteiger partial charge in [-0.1, -0.05) is 16.8 Å². The SMILES string of the molecule is CC1CN(C(=O)c2cc(-c3ccc(Cl)s3)on2)CCN1. The molecule has 1 fully saturated rings. The largest absolute Gasteiger partial charge is 0.355 e. The summed E-state index contributed by atoms with van der Waals surface area (Å²) in [5.41, 5.74) is 0.346. The molecule has 1 atom stereocenters. The number of rotatable bonds is 2. The second-order valence-electron chi connectivity index (χ2n) is 4.79. The van der Waals surface area contributed by atoms with Crippen LogP contribution >= 0.6 is 22.9 Å². The molecule has 0 aliphatic carbocycles. The number of amides is 1. The van der Waals surface area contributed by atoms with Gasteiger partial charge in [-0.05, 0) is 19.1 Å². The lowest BCUT2D eigenvalue weighted by molar-refractivity contribution is 0.0698. The van der Waals surface area contributed by atoms with Crippen molar-refractivity contribution in [2.45, 2.75) is 13.0 Å². The molecule has 20 heavy (non-hydrogen) atoms. The van der Waals surface area contributed by atoms with Crippen molar-refractivity contribution in [1.29, 1.82) is 0 Å². The summed E-state index contributed by atoms with van der Waals surface area (Å²) in [6.07, 6.45) is 0. The van der Waals surface area contributed by atoms with Crippen LogP contribution in [0.1, 0.15) is 17.4 Å². The molecule has 1 saturated heterocycles. The number of nitrogens with one attached hydrogen (secondary N) is 1. The Bertz CT molecular complexity index is 625. The second kappa shape index (κ2) is 5.55. The van der Waals surface area contributed by atoms with Crippen LogP contribution in [0.15, 0.2) is 22.7 Å². The first-order valence-electron chi connectivity index (χ1n) is 6.38. The summed E-state index contributed by atoms with van der Waals surface area (Å²) in [5, 5.41) is 7.18. The third-order valence-corrected chi connectivity index (χ3v) is 4.45. The third kappa shape index (κ3) is 2.72. The van der Waals surface area contributed by atoms with Crippen LogP contribution in [0.3, 0.4) is 0 Å².